The maximum Gasteiger partial charge on any atom is 0.416 e. The Balaban J connectivity index is 2.06. The maximum absolute atomic E-state index is 12.6. The Morgan fingerprint density at radius 1 is 1.17 bits per heavy atom. The molecule has 0 saturated heterocycles. The third kappa shape index (κ3) is 2.72. The molecule has 7 heteroatoms. The Labute approximate surface area is 134 Å². The lowest BCUT2D eigenvalue weighted by Crippen LogP contribution is -2.06. The molecule has 3 aromatic rings. The quantitative estimate of drug-likeness (QED) is 0.767. The Kier molecular flexibility index (Phi) is 3.78. The van der Waals surface area contributed by atoms with Gasteiger partial charge >= 0.3 is 6.18 Å². The van der Waals surface area contributed by atoms with Crippen LogP contribution in [-0.4, -0.2) is 10.1 Å². The fourth-order valence-electron chi connectivity index (χ4n) is 2.48. The first-order chi connectivity index (χ1) is 11.3. The number of nitrogens with zero attached hydrogens (tertiary/aromatic N) is 2. The number of hydrogen-bond donors (Lipinski definition) is 1. The van der Waals surface area contributed by atoms with Crippen LogP contribution in [0, 0.1) is 18.3 Å². The zero-order valence-corrected chi connectivity index (χ0v) is 12.4. The van der Waals surface area contributed by atoms with E-state index >= 15 is 0 Å². The Hall–Kier alpha value is -2.85. The number of aliphatic hydroxyl groups excluding tert-OH is 1. The molecule has 24 heavy (non-hydrogen) atoms. The molecular weight excluding hydrogens is 321 g/mol. The molecule has 0 spiro atoms. The van der Waals surface area contributed by atoms with Gasteiger partial charge in [-0.25, -0.2) is 4.98 Å². The van der Waals surface area contributed by atoms with Crippen molar-refractivity contribution in [1.82, 2.24) is 4.98 Å². The summed E-state index contributed by atoms with van der Waals surface area (Å²) in [6.07, 6.45) is -5.62. The van der Waals surface area contributed by atoms with Crippen LogP contribution in [0.5, 0.6) is 0 Å². The highest BCUT2D eigenvalue weighted by Crippen LogP contribution is 2.33. The van der Waals surface area contributed by atoms with Crippen molar-refractivity contribution in [2.75, 3.05) is 0 Å². The zero-order chi connectivity index (χ0) is 17.5. The molecule has 1 heterocycles. The summed E-state index contributed by atoms with van der Waals surface area (Å²) in [4.78, 5) is 4.17. The fraction of sp³-hybridized carbons (Fsp3) is 0.176. The second kappa shape index (κ2) is 5.65. The van der Waals surface area contributed by atoms with Crippen molar-refractivity contribution in [2.24, 2.45) is 0 Å². The lowest BCUT2D eigenvalue weighted by atomic mass is 9.98. The topological polar surface area (TPSA) is 70.1 Å². The van der Waals surface area contributed by atoms with Crippen LogP contribution in [0.1, 0.15) is 34.2 Å². The summed E-state index contributed by atoms with van der Waals surface area (Å²) in [6.45, 7) is 1.61. The molecule has 1 aromatic heterocycles. The normalized spacial score (nSPS) is 13.0. The maximum atomic E-state index is 12.6. The molecule has 0 radical (unpaired) electrons. The standard InChI is InChI=1S/C17H11F3N2O2/c1-9-22-14-13(7-4-11(8-21)16(14)24-9)15(23)10-2-5-12(6-3-10)17(18,19)20/h2-7,15,23H,1H3. The zero-order valence-electron chi connectivity index (χ0n) is 12.4. The van der Waals surface area contributed by atoms with Crippen molar-refractivity contribution in [2.45, 2.75) is 19.2 Å². The monoisotopic (exact) mass is 332 g/mol. The van der Waals surface area contributed by atoms with Gasteiger partial charge in [0, 0.05) is 12.5 Å². The molecule has 0 bridgehead atoms. The van der Waals surface area contributed by atoms with Gasteiger partial charge in [0.15, 0.2) is 11.5 Å². The number of nitriles is 1. The van der Waals surface area contributed by atoms with E-state index in [1.807, 2.05) is 6.07 Å². The van der Waals surface area contributed by atoms with Gasteiger partial charge in [-0.1, -0.05) is 18.2 Å². The number of halogens is 3. The second-order valence-electron chi connectivity index (χ2n) is 5.25. The number of rotatable bonds is 2. The van der Waals surface area contributed by atoms with Crippen LogP contribution >= 0.6 is 0 Å². The minimum absolute atomic E-state index is 0.249. The molecule has 1 unspecified atom stereocenters. The van der Waals surface area contributed by atoms with Crippen LogP contribution in [0.4, 0.5) is 13.2 Å². The number of aromatic nitrogens is 1. The summed E-state index contributed by atoms with van der Waals surface area (Å²) >= 11 is 0. The summed E-state index contributed by atoms with van der Waals surface area (Å²) in [6, 6.07) is 9.22. The predicted octanol–water partition coefficient (Wildman–Crippen LogP) is 4.11. The number of aryl methyl sites for hydroxylation is 1. The number of benzene rings is 2. The molecule has 0 aliphatic rings. The highest BCUT2D eigenvalue weighted by Gasteiger charge is 2.30. The smallest absolute Gasteiger partial charge is 0.416 e. The molecule has 0 amide bonds. The minimum atomic E-state index is -4.44. The summed E-state index contributed by atoms with van der Waals surface area (Å²) < 4.78 is 43.3. The highest BCUT2D eigenvalue weighted by molar-refractivity contribution is 5.83. The van der Waals surface area contributed by atoms with E-state index in [1.54, 1.807) is 6.92 Å². The minimum Gasteiger partial charge on any atom is -0.440 e. The number of fused-ring (bicyclic) bond motifs is 1. The molecule has 1 atom stereocenters. The van der Waals surface area contributed by atoms with Gasteiger partial charge < -0.3 is 9.52 Å². The molecule has 0 saturated carbocycles. The van der Waals surface area contributed by atoms with Crippen LogP contribution in [0.25, 0.3) is 11.1 Å². The first-order valence-electron chi connectivity index (χ1n) is 6.96. The summed E-state index contributed by atoms with van der Waals surface area (Å²) in [5.41, 5.74) is 0.697. The van der Waals surface area contributed by atoms with E-state index in [0.717, 1.165) is 12.1 Å². The second-order valence-corrected chi connectivity index (χ2v) is 5.25. The summed E-state index contributed by atoms with van der Waals surface area (Å²) in [7, 11) is 0. The van der Waals surface area contributed by atoms with E-state index in [9.17, 15) is 18.3 Å². The number of alkyl halides is 3. The Morgan fingerprint density at radius 3 is 2.42 bits per heavy atom. The lowest BCUT2D eigenvalue weighted by Gasteiger charge is -2.13. The van der Waals surface area contributed by atoms with Crippen molar-refractivity contribution in [3.63, 3.8) is 0 Å². The Bertz CT molecular complexity index is 937. The molecule has 2 aromatic carbocycles. The number of hydrogen-bond acceptors (Lipinski definition) is 4. The molecule has 0 aliphatic carbocycles. The fourth-order valence-corrected chi connectivity index (χ4v) is 2.48. The van der Waals surface area contributed by atoms with Crippen molar-refractivity contribution in [3.05, 3.63) is 64.5 Å². The van der Waals surface area contributed by atoms with Crippen LogP contribution < -0.4 is 0 Å². The number of aliphatic hydroxyl groups is 1. The van der Waals surface area contributed by atoms with Crippen LogP contribution in [0.2, 0.25) is 0 Å². The van der Waals surface area contributed by atoms with Crippen molar-refractivity contribution >= 4 is 11.1 Å². The van der Waals surface area contributed by atoms with E-state index < -0.39 is 17.8 Å². The van der Waals surface area contributed by atoms with Crippen LogP contribution in [0.15, 0.2) is 40.8 Å². The predicted molar refractivity (Wildman–Crippen MR) is 79.0 cm³/mol. The van der Waals surface area contributed by atoms with Gasteiger partial charge in [0.2, 0.25) is 0 Å². The first-order valence-corrected chi connectivity index (χ1v) is 6.96. The molecule has 3 rings (SSSR count). The highest BCUT2D eigenvalue weighted by atomic mass is 19.4. The van der Waals surface area contributed by atoms with Crippen LogP contribution in [-0.2, 0) is 6.18 Å². The average molecular weight is 332 g/mol. The van der Waals surface area contributed by atoms with Crippen LogP contribution in [0.3, 0.4) is 0 Å². The lowest BCUT2D eigenvalue weighted by molar-refractivity contribution is -0.137. The SMILES string of the molecule is Cc1nc2c(C(O)c3ccc(C(F)(F)F)cc3)ccc(C#N)c2o1. The molecule has 0 aliphatic heterocycles. The molecule has 122 valence electrons. The first kappa shape index (κ1) is 16.0. The van der Waals surface area contributed by atoms with Gasteiger partial charge in [-0.15, -0.1) is 0 Å². The van der Waals surface area contributed by atoms with Gasteiger partial charge in [0.25, 0.3) is 0 Å². The van der Waals surface area contributed by atoms with Gasteiger partial charge in [-0.05, 0) is 23.8 Å². The molecule has 0 fully saturated rings. The van der Waals surface area contributed by atoms with E-state index in [-0.39, 0.29) is 16.7 Å². The number of oxazole rings is 1. The molecule has 1 N–H and O–H groups in total. The van der Waals surface area contributed by atoms with Gasteiger partial charge in [0.1, 0.15) is 17.7 Å². The van der Waals surface area contributed by atoms with Crippen molar-refractivity contribution in [1.29, 1.82) is 5.26 Å². The van der Waals surface area contributed by atoms with E-state index in [0.29, 0.717) is 17.0 Å². The molecular formula is C17H11F3N2O2. The average Bonchev–Trinajstić information content (AvgIpc) is 2.94. The Morgan fingerprint density at radius 2 is 1.83 bits per heavy atom. The van der Waals surface area contributed by atoms with Crippen molar-refractivity contribution in [3.8, 4) is 6.07 Å². The van der Waals surface area contributed by atoms with E-state index in [1.165, 1.54) is 24.3 Å². The van der Waals surface area contributed by atoms with E-state index in [4.69, 9.17) is 9.68 Å². The third-order valence-corrected chi connectivity index (χ3v) is 3.65. The summed E-state index contributed by atoms with van der Waals surface area (Å²) in [5.74, 6) is 0.327. The van der Waals surface area contributed by atoms with Gasteiger partial charge in [-0.2, -0.15) is 18.4 Å². The summed E-state index contributed by atoms with van der Waals surface area (Å²) in [5, 5.41) is 19.6. The van der Waals surface area contributed by atoms with Gasteiger partial charge in [0.05, 0.1) is 11.1 Å². The van der Waals surface area contributed by atoms with Crippen molar-refractivity contribution < 1.29 is 22.7 Å². The third-order valence-electron chi connectivity index (χ3n) is 3.65. The molecule has 4 nitrogen and oxygen atoms in total. The van der Waals surface area contributed by atoms with Gasteiger partial charge in [-0.3, -0.25) is 0 Å². The largest absolute Gasteiger partial charge is 0.440 e. The van der Waals surface area contributed by atoms with E-state index in [2.05, 4.69) is 4.98 Å².